The summed E-state index contributed by atoms with van der Waals surface area (Å²) in [5.41, 5.74) is -1.22. The van der Waals surface area contributed by atoms with E-state index in [4.69, 9.17) is 51.1 Å². The Kier molecular flexibility index (Phi) is 7.14. The summed E-state index contributed by atoms with van der Waals surface area (Å²) in [5, 5.41) is 1.04. The molecule has 0 unspecified atom stereocenters. The fourth-order valence-corrected chi connectivity index (χ4v) is 8.91. The lowest BCUT2D eigenvalue weighted by Gasteiger charge is -2.41. The third kappa shape index (κ3) is 3.57. The van der Waals surface area contributed by atoms with Gasteiger partial charge in [-0.3, -0.25) is 33.9 Å². The van der Waals surface area contributed by atoms with E-state index in [1.54, 1.807) is 43.0 Å². The molecule has 0 N–H and O–H groups in total. The van der Waals surface area contributed by atoms with Gasteiger partial charge in [0.15, 0.2) is 0 Å². The standard InChI is InChI=1S/C29H25Cl4N3O6/c1-4-34-24(37)18-20(26(34)39)29(28(41)42-3)21-19(25(38)35(5-2)27(21)40)23(15-9-7-13(31)11-17(15)33)36(29)22(18)14-8-6-12(30)10-16(14)32/h6-11,18-23H,4-5H2,1-3H3/t18-,19-,20-,21-,22-,23-/m1/s1. The third-order valence-electron chi connectivity index (χ3n) is 9.25. The van der Waals surface area contributed by atoms with E-state index in [1.165, 1.54) is 12.1 Å². The van der Waals surface area contributed by atoms with Crippen molar-refractivity contribution in [2.75, 3.05) is 20.2 Å². The van der Waals surface area contributed by atoms with Gasteiger partial charge in [0.05, 0.1) is 42.9 Å². The molecule has 4 fully saturated rings. The zero-order valence-electron chi connectivity index (χ0n) is 22.6. The summed E-state index contributed by atoms with van der Waals surface area (Å²) in [6.07, 6.45) is 0. The number of nitrogens with zero attached hydrogens (tertiary/aromatic N) is 3. The van der Waals surface area contributed by atoms with Gasteiger partial charge in [-0.2, -0.15) is 0 Å². The number of ether oxygens (including phenoxy) is 1. The Bertz CT molecular complexity index is 1480. The zero-order valence-corrected chi connectivity index (χ0v) is 25.7. The molecule has 0 spiro atoms. The number of esters is 1. The minimum Gasteiger partial charge on any atom is -0.468 e. The van der Waals surface area contributed by atoms with E-state index in [-0.39, 0.29) is 23.1 Å². The second-order valence-electron chi connectivity index (χ2n) is 10.8. The van der Waals surface area contributed by atoms with Crippen LogP contribution in [0, 0.1) is 23.7 Å². The second kappa shape index (κ2) is 10.2. The Morgan fingerprint density at radius 1 is 0.738 bits per heavy atom. The normalized spacial score (nSPS) is 29.8. The van der Waals surface area contributed by atoms with Gasteiger partial charge in [-0.1, -0.05) is 58.5 Å². The predicted molar refractivity (Wildman–Crippen MR) is 154 cm³/mol. The van der Waals surface area contributed by atoms with Crippen molar-refractivity contribution in [1.29, 1.82) is 0 Å². The first-order chi connectivity index (χ1) is 20.0. The summed E-state index contributed by atoms with van der Waals surface area (Å²) >= 11 is 26.0. The minimum atomic E-state index is -2.03. The molecule has 2 aromatic carbocycles. The molecule has 4 amide bonds. The predicted octanol–water partition coefficient (Wildman–Crippen LogP) is 4.57. The first-order valence-corrected chi connectivity index (χ1v) is 15.0. The van der Waals surface area contributed by atoms with Crippen LogP contribution < -0.4 is 0 Å². The smallest absolute Gasteiger partial charge is 0.328 e. The van der Waals surface area contributed by atoms with E-state index in [0.717, 1.165) is 16.9 Å². The van der Waals surface area contributed by atoms with Gasteiger partial charge in [-0.05, 0) is 49.2 Å². The van der Waals surface area contributed by atoms with Crippen LogP contribution in [-0.4, -0.2) is 70.0 Å². The highest BCUT2D eigenvalue weighted by molar-refractivity contribution is 6.35. The Labute approximate surface area is 261 Å². The van der Waals surface area contributed by atoms with Crippen molar-refractivity contribution >= 4 is 76.0 Å². The number of rotatable bonds is 5. The topological polar surface area (TPSA) is 104 Å². The van der Waals surface area contributed by atoms with Gasteiger partial charge in [-0.25, -0.2) is 4.79 Å². The summed E-state index contributed by atoms with van der Waals surface area (Å²) < 4.78 is 5.37. The maximum absolute atomic E-state index is 14.3. The zero-order chi connectivity index (χ0) is 30.4. The lowest BCUT2D eigenvalue weighted by atomic mass is 9.69. The van der Waals surface area contributed by atoms with E-state index >= 15 is 0 Å². The molecule has 4 aliphatic heterocycles. The maximum Gasteiger partial charge on any atom is 0.328 e. The van der Waals surface area contributed by atoms with Gasteiger partial charge in [0.25, 0.3) is 0 Å². The maximum atomic E-state index is 14.3. The molecule has 0 radical (unpaired) electrons. The number of halogens is 4. The molecule has 13 heteroatoms. The molecule has 6 rings (SSSR count). The number of hydrogen-bond acceptors (Lipinski definition) is 7. The fourth-order valence-electron chi connectivity index (χ4n) is 7.87. The van der Waals surface area contributed by atoms with Gasteiger partial charge < -0.3 is 4.74 Å². The fraction of sp³-hybridized carbons (Fsp3) is 0.414. The number of hydrogen-bond donors (Lipinski definition) is 0. The van der Waals surface area contributed by atoms with Crippen molar-refractivity contribution in [3.8, 4) is 0 Å². The number of carbonyl (C=O) groups is 5. The molecule has 6 atom stereocenters. The Morgan fingerprint density at radius 3 is 1.48 bits per heavy atom. The SMILES string of the molecule is CCN1C(=O)[C@H]2[C@@H](c3ccc(Cl)cc3Cl)N3[C@H](c4ccc(Cl)cc4Cl)[C@@H]4C(=O)N(CC)C(=O)[C@@H]4C3(C(=O)OC)[C@H]2C1=O. The summed E-state index contributed by atoms with van der Waals surface area (Å²) in [6.45, 7) is 3.41. The van der Waals surface area contributed by atoms with Crippen LogP contribution in [0.2, 0.25) is 20.1 Å². The van der Waals surface area contributed by atoms with Gasteiger partial charge in [-0.15, -0.1) is 0 Å². The van der Waals surface area contributed by atoms with Crippen LogP contribution in [0.5, 0.6) is 0 Å². The first-order valence-electron chi connectivity index (χ1n) is 13.4. The number of carbonyl (C=O) groups excluding carboxylic acids is 5. The molecular weight excluding hydrogens is 628 g/mol. The molecule has 4 heterocycles. The molecule has 9 nitrogen and oxygen atoms in total. The van der Waals surface area contributed by atoms with Crippen molar-refractivity contribution in [2.24, 2.45) is 23.7 Å². The van der Waals surface area contributed by atoms with Crippen molar-refractivity contribution < 1.29 is 28.7 Å². The molecule has 220 valence electrons. The van der Waals surface area contributed by atoms with Crippen molar-refractivity contribution in [3.63, 3.8) is 0 Å². The Morgan fingerprint density at radius 2 is 1.14 bits per heavy atom. The number of fused-ring (bicyclic) bond motifs is 5. The molecule has 4 aliphatic rings. The van der Waals surface area contributed by atoms with E-state index in [1.807, 2.05) is 0 Å². The van der Waals surface area contributed by atoms with E-state index in [2.05, 4.69) is 0 Å². The number of benzene rings is 2. The van der Waals surface area contributed by atoms with Gasteiger partial charge in [0.1, 0.15) is 5.54 Å². The van der Waals surface area contributed by atoms with E-state index in [9.17, 15) is 24.0 Å². The number of amides is 4. The van der Waals surface area contributed by atoms with Crippen LogP contribution in [-0.2, 0) is 28.7 Å². The Balaban J connectivity index is 1.74. The molecule has 0 bridgehead atoms. The number of methoxy groups -OCH3 is 1. The first kappa shape index (κ1) is 29.4. The number of likely N-dealkylation sites (tertiary alicyclic amines) is 2. The molecule has 42 heavy (non-hydrogen) atoms. The lowest BCUT2D eigenvalue weighted by Crippen LogP contribution is -2.60. The van der Waals surface area contributed by atoms with Crippen molar-refractivity contribution in [1.82, 2.24) is 14.7 Å². The summed E-state index contributed by atoms with van der Waals surface area (Å²) in [7, 11) is 1.15. The molecule has 0 aromatic heterocycles. The van der Waals surface area contributed by atoms with E-state index in [0.29, 0.717) is 21.2 Å². The summed E-state index contributed by atoms with van der Waals surface area (Å²) in [4.78, 5) is 74.5. The average molecular weight is 653 g/mol. The van der Waals surface area contributed by atoms with E-state index < -0.39 is 70.9 Å². The summed E-state index contributed by atoms with van der Waals surface area (Å²) in [5.74, 6) is -8.08. The molecule has 4 saturated heterocycles. The van der Waals surface area contributed by atoms with Crippen LogP contribution in [0.3, 0.4) is 0 Å². The van der Waals surface area contributed by atoms with Gasteiger partial charge in [0, 0.05) is 33.2 Å². The summed E-state index contributed by atoms with van der Waals surface area (Å²) in [6, 6.07) is 7.39. The van der Waals surface area contributed by atoms with Crippen LogP contribution in [0.1, 0.15) is 37.1 Å². The highest BCUT2D eigenvalue weighted by Gasteiger charge is 2.84. The van der Waals surface area contributed by atoms with Crippen LogP contribution in [0.25, 0.3) is 0 Å². The number of imide groups is 2. The molecular formula is C29H25Cl4N3O6. The third-order valence-corrected chi connectivity index (χ3v) is 10.4. The van der Waals surface area contributed by atoms with Crippen LogP contribution >= 0.6 is 46.4 Å². The lowest BCUT2D eigenvalue weighted by molar-refractivity contribution is -0.166. The molecule has 0 saturated carbocycles. The van der Waals surface area contributed by atoms with Crippen LogP contribution in [0.15, 0.2) is 36.4 Å². The quantitative estimate of drug-likeness (QED) is 0.344. The highest BCUT2D eigenvalue weighted by Crippen LogP contribution is 2.70. The largest absolute Gasteiger partial charge is 0.468 e. The minimum absolute atomic E-state index is 0.0531. The molecule has 0 aliphatic carbocycles. The highest BCUT2D eigenvalue weighted by atomic mass is 35.5. The van der Waals surface area contributed by atoms with Gasteiger partial charge in [0.2, 0.25) is 23.6 Å². The average Bonchev–Trinajstić information content (AvgIpc) is 3.58. The van der Waals surface area contributed by atoms with Crippen molar-refractivity contribution in [2.45, 2.75) is 31.5 Å². The van der Waals surface area contributed by atoms with Crippen molar-refractivity contribution in [3.05, 3.63) is 67.6 Å². The molecule has 2 aromatic rings. The van der Waals surface area contributed by atoms with Gasteiger partial charge >= 0.3 is 5.97 Å². The Hall–Kier alpha value is -2.69. The second-order valence-corrected chi connectivity index (χ2v) is 12.5. The monoisotopic (exact) mass is 651 g/mol. The van der Waals surface area contributed by atoms with Crippen LogP contribution in [0.4, 0.5) is 0 Å².